The number of likely N-dealkylation sites (tertiary alicyclic amines) is 1. The molecule has 0 bridgehead atoms. The maximum atomic E-state index is 12.6. The second-order valence-electron chi connectivity index (χ2n) is 5.87. The number of benzene rings is 1. The van der Waals surface area contributed by atoms with E-state index in [1.54, 1.807) is 29.5 Å². The summed E-state index contributed by atoms with van der Waals surface area (Å²) in [4.78, 5) is 28.1. The fourth-order valence-electron chi connectivity index (χ4n) is 3.13. The second-order valence-corrected chi connectivity index (χ2v) is 6.85. The molecule has 2 aromatic rings. The van der Waals surface area contributed by atoms with Crippen molar-refractivity contribution in [2.75, 3.05) is 19.7 Å². The van der Waals surface area contributed by atoms with E-state index in [0.717, 1.165) is 19.4 Å². The van der Waals surface area contributed by atoms with Crippen LogP contribution in [0.3, 0.4) is 0 Å². The van der Waals surface area contributed by atoms with Crippen molar-refractivity contribution in [2.45, 2.75) is 25.8 Å². The van der Waals surface area contributed by atoms with Crippen LogP contribution in [-0.2, 0) is 4.79 Å². The van der Waals surface area contributed by atoms with Crippen LogP contribution in [0, 0.1) is 0 Å². The zero-order valence-corrected chi connectivity index (χ0v) is 15.1. The number of rotatable bonds is 6. The van der Waals surface area contributed by atoms with Gasteiger partial charge in [0, 0.05) is 11.4 Å². The summed E-state index contributed by atoms with van der Waals surface area (Å²) in [6.45, 7) is 3.10. The summed E-state index contributed by atoms with van der Waals surface area (Å²) in [5.41, 5.74) is 0.452. The number of carbonyl (C=O) groups is 2. The first kappa shape index (κ1) is 17.5. The van der Waals surface area contributed by atoms with Crippen LogP contribution in [0.4, 0.5) is 0 Å². The highest BCUT2D eigenvalue weighted by Gasteiger charge is 2.30. The van der Waals surface area contributed by atoms with Gasteiger partial charge in [0.05, 0.1) is 24.8 Å². The van der Waals surface area contributed by atoms with E-state index in [1.807, 2.05) is 29.3 Å². The van der Waals surface area contributed by atoms with Gasteiger partial charge in [0.2, 0.25) is 5.91 Å². The van der Waals surface area contributed by atoms with E-state index in [1.165, 1.54) is 4.88 Å². The second kappa shape index (κ2) is 8.16. The van der Waals surface area contributed by atoms with Crippen LogP contribution >= 0.6 is 11.3 Å². The molecule has 2 heterocycles. The van der Waals surface area contributed by atoms with Crippen molar-refractivity contribution < 1.29 is 14.3 Å². The minimum absolute atomic E-state index is 0.00116. The Hall–Kier alpha value is -2.34. The summed E-state index contributed by atoms with van der Waals surface area (Å²) >= 11 is 1.67. The van der Waals surface area contributed by atoms with E-state index < -0.39 is 0 Å². The highest BCUT2D eigenvalue weighted by molar-refractivity contribution is 7.10. The van der Waals surface area contributed by atoms with Crippen LogP contribution in [0.2, 0.25) is 0 Å². The lowest BCUT2D eigenvalue weighted by Crippen LogP contribution is -2.39. The standard InChI is InChI=1S/C19H22N2O3S/c1-2-24-16-9-4-3-7-14(16)19(23)20-13-18(22)21-11-5-8-15(21)17-10-6-12-25-17/h3-4,6-7,9-10,12,15H,2,5,8,11,13H2,1H3,(H,20,23)/t15-/m1/s1. The molecule has 0 unspecified atom stereocenters. The van der Waals surface area contributed by atoms with E-state index in [-0.39, 0.29) is 24.4 Å². The van der Waals surface area contributed by atoms with Crippen LogP contribution in [0.15, 0.2) is 41.8 Å². The fraction of sp³-hybridized carbons (Fsp3) is 0.368. The molecule has 1 aliphatic heterocycles. The Kier molecular flexibility index (Phi) is 5.71. The molecule has 1 N–H and O–H groups in total. The Labute approximate surface area is 151 Å². The highest BCUT2D eigenvalue weighted by Crippen LogP contribution is 2.34. The van der Waals surface area contributed by atoms with Crippen LogP contribution in [0.25, 0.3) is 0 Å². The molecule has 1 fully saturated rings. The van der Waals surface area contributed by atoms with Gasteiger partial charge in [-0.3, -0.25) is 9.59 Å². The van der Waals surface area contributed by atoms with Gasteiger partial charge in [-0.1, -0.05) is 18.2 Å². The molecule has 25 heavy (non-hydrogen) atoms. The Morgan fingerprint density at radius 2 is 2.12 bits per heavy atom. The number of amides is 2. The molecule has 1 saturated heterocycles. The lowest BCUT2D eigenvalue weighted by atomic mass is 10.2. The van der Waals surface area contributed by atoms with Gasteiger partial charge in [0.1, 0.15) is 5.75 Å². The first-order valence-electron chi connectivity index (χ1n) is 8.53. The Balaban J connectivity index is 1.61. The topological polar surface area (TPSA) is 58.6 Å². The van der Waals surface area contributed by atoms with Gasteiger partial charge in [0.15, 0.2) is 0 Å². The summed E-state index contributed by atoms with van der Waals surface area (Å²) < 4.78 is 5.48. The number of hydrogen-bond donors (Lipinski definition) is 1. The van der Waals surface area contributed by atoms with Crippen LogP contribution in [0.5, 0.6) is 5.75 Å². The molecule has 1 aromatic heterocycles. The number of para-hydroxylation sites is 1. The molecule has 0 radical (unpaired) electrons. The smallest absolute Gasteiger partial charge is 0.255 e. The Bertz CT molecular complexity index is 730. The monoisotopic (exact) mass is 358 g/mol. The quantitative estimate of drug-likeness (QED) is 0.862. The van der Waals surface area contributed by atoms with Crippen molar-refractivity contribution in [3.63, 3.8) is 0 Å². The lowest BCUT2D eigenvalue weighted by molar-refractivity contribution is -0.131. The van der Waals surface area contributed by atoms with Gasteiger partial charge in [-0.15, -0.1) is 11.3 Å². The summed E-state index contributed by atoms with van der Waals surface area (Å²) in [6, 6.07) is 11.3. The Morgan fingerprint density at radius 1 is 1.28 bits per heavy atom. The normalized spacial score (nSPS) is 16.7. The van der Waals surface area contributed by atoms with Crippen molar-refractivity contribution in [3.05, 3.63) is 52.2 Å². The van der Waals surface area contributed by atoms with Gasteiger partial charge in [0.25, 0.3) is 5.91 Å². The average Bonchev–Trinajstić information content (AvgIpc) is 3.31. The zero-order chi connectivity index (χ0) is 17.6. The van der Waals surface area contributed by atoms with E-state index >= 15 is 0 Å². The predicted octanol–water partition coefficient (Wildman–Crippen LogP) is 3.24. The van der Waals surface area contributed by atoms with E-state index in [2.05, 4.69) is 11.4 Å². The minimum atomic E-state index is -0.288. The van der Waals surface area contributed by atoms with Crippen molar-refractivity contribution in [3.8, 4) is 5.75 Å². The number of hydrogen-bond acceptors (Lipinski definition) is 4. The SMILES string of the molecule is CCOc1ccccc1C(=O)NCC(=O)N1CCC[C@@H]1c1cccs1. The molecule has 132 valence electrons. The van der Waals surface area contributed by atoms with E-state index in [4.69, 9.17) is 4.74 Å². The van der Waals surface area contributed by atoms with Crippen molar-refractivity contribution in [2.24, 2.45) is 0 Å². The first-order valence-corrected chi connectivity index (χ1v) is 9.41. The number of nitrogens with one attached hydrogen (secondary N) is 1. The molecular formula is C19H22N2O3S. The van der Waals surface area contributed by atoms with Crippen LogP contribution in [-0.4, -0.2) is 36.4 Å². The molecule has 6 heteroatoms. The van der Waals surface area contributed by atoms with Crippen LogP contribution < -0.4 is 10.1 Å². The zero-order valence-electron chi connectivity index (χ0n) is 14.2. The third-order valence-corrected chi connectivity index (χ3v) is 5.25. The van der Waals surface area contributed by atoms with Gasteiger partial charge in [-0.2, -0.15) is 0 Å². The van der Waals surface area contributed by atoms with E-state index in [9.17, 15) is 9.59 Å². The molecule has 0 saturated carbocycles. The molecule has 0 spiro atoms. The molecular weight excluding hydrogens is 336 g/mol. The maximum Gasteiger partial charge on any atom is 0.255 e. The van der Waals surface area contributed by atoms with Crippen molar-refractivity contribution in [1.29, 1.82) is 0 Å². The number of nitrogens with zero attached hydrogens (tertiary/aromatic N) is 1. The van der Waals surface area contributed by atoms with Gasteiger partial charge >= 0.3 is 0 Å². The molecule has 3 rings (SSSR count). The van der Waals surface area contributed by atoms with Gasteiger partial charge in [-0.25, -0.2) is 0 Å². The lowest BCUT2D eigenvalue weighted by Gasteiger charge is -2.24. The number of ether oxygens (including phenoxy) is 1. The maximum absolute atomic E-state index is 12.6. The molecule has 1 aliphatic rings. The van der Waals surface area contributed by atoms with Gasteiger partial charge in [-0.05, 0) is 43.3 Å². The molecule has 1 atom stereocenters. The Morgan fingerprint density at radius 3 is 2.88 bits per heavy atom. The summed E-state index contributed by atoms with van der Waals surface area (Å²) in [5, 5.41) is 4.76. The number of carbonyl (C=O) groups excluding carboxylic acids is 2. The molecule has 1 aromatic carbocycles. The molecule has 0 aliphatic carbocycles. The van der Waals surface area contributed by atoms with Crippen molar-refractivity contribution in [1.82, 2.24) is 10.2 Å². The van der Waals surface area contributed by atoms with Crippen molar-refractivity contribution >= 4 is 23.2 Å². The average molecular weight is 358 g/mol. The summed E-state index contributed by atoms with van der Waals surface area (Å²) in [5.74, 6) is 0.204. The number of thiophene rings is 1. The minimum Gasteiger partial charge on any atom is -0.493 e. The summed E-state index contributed by atoms with van der Waals surface area (Å²) in [6.07, 6.45) is 1.97. The summed E-state index contributed by atoms with van der Waals surface area (Å²) in [7, 11) is 0. The third kappa shape index (κ3) is 4.02. The fourth-order valence-corrected chi connectivity index (χ4v) is 4.00. The molecule has 2 amide bonds. The largest absolute Gasteiger partial charge is 0.493 e. The predicted molar refractivity (Wildman–Crippen MR) is 98.0 cm³/mol. The van der Waals surface area contributed by atoms with Crippen LogP contribution in [0.1, 0.15) is 41.0 Å². The highest BCUT2D eigenvalue weighted by atomic mass is 32.1. The molecule has 5 nitrogen and oxygen atoms in total. The van der Waals surface area contributed by atoms with E-state index in [0.29, 0.717) is 17.9 Å². The van der Waals surface area contributed by atoms with Gasteiger partial charge < -0.3 is 15.0 Å². The third-order valence-electron chi connectivity index (χ3n) is 4.28. The first-order chi connectivity index (χ1) is 12.2.